The molecule has 4 aliphatic heterocycles. The molecular formula is C15H23NO7S. The van der Waals surface area contributed by atoms with Crippen molar-refractivity contribution in [2.45, 2.75) is 49.4 Å². The SMILES string of the molecule is CC1(C)OS(=O)(=O)C2C3CC(OC(=O)CN4CCOCC4)C(O3)C21. The Morgan fingerprint density at radius 3 is 2.71 bits per heavy atom. The quantitative estimate of drug-likeness (QED) is 0.492. The molecule has 8 nitrogen and oxygen atoms in total. The Balaban J connectivity index is 1.42. The standard InChI is InChI=1S/C15H23NO7S/c1-15(2)12-13-9(7-10(22-13)14(12)24(18,19)23-15)21-11(17)8-16-3-5-20-6-4-16/h9-10,12-14H,3-8H2,1-2H3. The molecule has 0 aliphatic carbocycles. The molecule has 4 heterocycles. The monoisotopic (exact) mass is 361 g/mol. The molecule has 0 aromatic rings. The van der Waals surface area contributed by atoms with Crippen molar-refractivity contribution in [2.75, 3.05) is 32.8 Å². The smallest absolute Gasteiger partial charge is 0.320 e. The van der Waals surface area contributed by atoms with Crippen LogP contribution >= 0.6 is 0 Å². The highest BCUT2D eigenvalue weighted by molar-refractivity contribution is 7.87. The lowest BCUT2D eigenvalue weighted by atomic mass is 9.77. The zero-order valence-electron chi connectivity index (χ0n) is 13.8. The van der Waals surface area contributed by atoms with Gasteiger partial charge in [-0.3, -0.25) is 13.9 Å². The number of esters is 1. The van der Waals surface area contributed by atoms with Crippen LogP contribution < -0.4 is 0 Å². The fourth-order valence-corrected chi connectivity index (χ4v) is 6.69. The van der Waals surface area contributed by atoms with Crippen molar-refractivity contribution >= 4 is 16.1 Å². The molecule has 9 heteroatoms. The molecule has 0 N–H and O–H groups in total. The first-order valence-corrected chi connectivity index (χ1v) is 9.84. The number of hydrogen-bond donors (Lipinski definition) is 0. The van der Waals surface area contributed by atoms with Crippen LogP contribution in [-0.4, -0.2) is 81.3 Å². The van der Waals surface area contributed by atoms with E-state index in [2.05, 4.69) is 0 Å². The van der Waals surface area contributed by atoms with Crippen molar-refractivity contribution in [1.82, 2.24) is 4.90 Å². The second kappa shape index (κ2) is 5.63. The minimum atomic E-state index is -3.62. The zero-order valence-corrected chi connectivity index (χ0v) is 14.7. The maximum absolute atomic E-state index is 12.2. The van der Waals surface area contributed by atoms with Crippen LogP contribution in [0.1, 0.15) is 20.3 Å². The predicted octanol–water partition coefficient (Wildman–Crippen LogP) is -0.475. The van der Waals surface area contributed by atoms with E-state index in [4.69, 9.17) is 18.4 Å². The third-order valence-electron chi connectivity index (χ3n) is 5.44. The molecule has 4 saturated heterocycles. The molecule has 0 radical (unpaired) electrons. The Morgan fingerprint density at radius 2 is 2.00 bits per heavy atom. The van der Waals surface area contributed by atoms with E-state index >= 15 is 0 Å². The van der Waals surface area contributed by atoms with E-state index in [0.29, 0.717) is 32.7 Å². The molecule has 4 rings (SSSR count). The first-order chi connectivity index (χ1) is 11.3. The number of carbonyl (C=O) groups excluding carboxylic acids is 1. The van der Waals surface area contributed by atoms with Gasteiger partial charge in [0.1, 0.15) is 17.5 Å². The lowest BCUT2D eigenvalue weighted by Gasteiger charge is -2.32. The summed E-state index contributed by atoms with van der Waals surface area (Å²) < 4.78 is 46.4. The van der Waals surface area contributed by atoms with Crippen LogP contribution in [0, 0.1) is 5.92 Å². The average molecular weight is 361 g/mol. The summed E-state index contributed by atoms with van der Waals surface area (Å²) in [5.41, 5.74) is -0.835. The third kappa shape index (κ3) is 2.66. The fraction of sp³-hybridized carbons (Fsp3) is 0.933. The number of carbonyl (C=O) groups is 1. The van der Waals surface area contributed by atoms with Gasteiger partial charge in [0.15, 0.2) is 0 Å². The van der Waals surface area contributed by atoms with Gasteiger partial charge in [-0.05, 0) is 13.8 Å². The van der Waals surface area contributed by atoms with Crippen LogP contribution in [0.2, 0.25) is 0 Å². The first kappa shape index (κ1) is 16.7. The number of ether oxygens (including phenoxy) is 3. The van der Waals surface area contributed by atoms with Gasteiger partial charge in [-0.15, -0.1) is 0 Å². The molecule has 24 heavy (non-hydrogen) atoms. The lowest BCUT2D eigenvalue weighted by molar-refractivity contribution is -0.156. The highest BCUT2D eigenvalue weighted by atomic mass is 32.2. The Bertz CT molecular complexity index is 628. The fourth-order valence-electron chi connectivity index (χ4n) is 4.48. The molecule has 136 valence electrons. The molecule has 0 amide bonds. The number of nitrogens with zero attached hydrogens (tertiary/aromatic N) is 1. The van der Waals surface area contributed by atoms with Crippen LogP contribution in [0.15, 0.2) is 0 Å². The minimum absolute atomic E-state index is 0.226. The molecule has 2 bridgehead atoms. The van der Waals surface area contributed by atoms with Gasteiger partial charge in [0, 0.05) is 25.4 Å². The number of morpholine rings is 1. The van der Waals surface area contributed by atoms with Crippen molar-refractivity contribution in [3.05, 3.63) is 0 Å². The Labute approximate surface area is 141 Å². The van der Waals surface area contributed by atoms with Crippen molar-refractivity contribution in [3.8, 4) is 0 Å². The Kier molecular flexibility index (Phi) is 3.92. The summed E-state index contributed by atoms with van der Waals surface area (Å²) in [7, 11) is -3.62. The van der Waals surface area contributed by atoms with Gasteiger partial charge in [-0.2, -0.15) is 8.42 Å². The van der Waals surface area contributed by atoms with E-state index in [0.717, 1.165) is 0 Å². The second-order valence-corrected chi connectivity index (χ2v) is 9.16. The van der Waals surface area contributed by atoms with Crippen LogP contribution in [-0.2, 0) is 33.3 Å². The van der Waals surface area contributed by atoms with Crippen LogP contribution in [0.5, 0.6) is 0 Å². The van der Waals surface area contributed by atoms with E-state index in [1.807, 2.05) is 4.90 Å². The predicted molar refractivity (Wildman–Crippen MR) is 81.8 cm³/mol. The molecule has 5 unspecified atom stereocenters. The molecule has 0 saturated carbocycles. The number of fused-ring (bicyclic) bond motifs is 5. The van der Waals surface area contributed by atoms with Crippen LogP contribution in [0.4, 0.5) is 0 Å². The first-order valence-electron chi connectivity index (χ1n) is 8.37. The van der Waals surface area contributed by atoms with Crippen molar-refractivity contribution in [2.24, 2.45) is 5.92 Å². The minimum Gasteiger partial charge on any atom is -0.459 e. The van der Waals surface area contributed by atoms with E-state index < -0.39 is 39.3 Å². The summed E-state index contributed by atoms with van der Waals surface area (Å²) in [6.45, 7) is 6.41. The van der Waals surface area contributed by atoms with E-state index in [1.165, 1.54) is 0 Å². The summed E-state index contributed by atoms with van der Waals surface area (Å²) in [4.78, 5) is 14.2. The van der Waals surface area contributed by atoms with Crippen LogP contribution in [0.25, 0.3) is 0 Å². The maximum Gasteiger partial charge on any atom is 0.320 e. The number of hydrogen-bond acceptors (Lipinski definition) is 8. The second-order valence-electron chi connectivity index (χ2n) is 7.46. The highest BCUT2D eigenvalue weighted by Crippen LogP contribution is 2.54. The Hall–Kier alpha value is -0.740. The Morgan fingerprint density at radius 1 is 1.29 bits per heavy atom. The van der Waals surface area contributed by atoms with Gasteiger partial charge >= 0.3 is 5.97 Å². The van der Waals surface area contributed by atoms with Gasteiger partial charge < -0.3 is 14.2 Å². The van der Waals surface area contributed by atoms with Gasteiger partial charge in [0.25, 0.3) is 10.1 Å². The largest absolute Gasteiger partial charge is 0.459 e. The summed E-state index contributed by atoms with van der Waals surface area (Å²) in [6.07, 6.45) is -0.853. The molecule has 0 aromatic heterocycles. The normalized spacial score (nSPS) is 42.8. The zero-order chi connectivity index (χ0) is 17.1. The van der Waals surface area contributed by atoms with E-state index in [-0.39, 0.29) is 18.4 Å². The summed E-state index contributed by atoms with van der Waals surface area (Å²) in [5.74, 6) is -0.600. The van der Waals surface area contributed by atoms with Crippen molar-refractivity contribution < 1.29 is 31.6 Å². The highest BCUT2D eigenvalue weighted by Gasteiger charge is 2.69. The molecule has 4 aliphatic rings. The molecule has 0 aromatic carbocycles. The molecule has 4 fully saturated rings. The van der Waals surface area contributed by atoms with E-state index in [9.17, 15) is 13.2 Å². The average Bonchev–Trinajstić information content (AvgIpc) is 3.09. The summed E-state index contributed by atoms with van der Waals surface area (Å²) in [6, 6.07) is 0. The van der Waals surface area contributed by atoms with Gasteiger partial charge in [0.05, 0.1) is 31.5 Å². The third-order valence-corrected chi connectivity index (χ3v) is 7.37. The van der Waals surface area contributed by atoms with Gasteiger partial charge in [-0.25, -0.2) is 0 Å². The lowest BCUT2D eigenvalue weighted by Crippen LogP contribution is -2.48. The number of rotatable bonds is 3. The topological polar surface area (TPSA) is 91.4 Å². The van der Waals surface area contributed by atoms with E-state index in [1.54, 1.807) is 13.8 Å². The molecular weight excluding hydrogens is 338 g/mol. The maximum atomic E-state index is 12.2. The van der Waals surface area contributed by atoms with Gasteiger partial charge in [-0.1, -0.05) is 0 Å². The van der Waals surface area contributed by atoms with Gasteiger partial charge in [0.2, 0.25) is 0 Å². The summed E-state index contributed by atoms with van der Waals surface area (Å²) in [5, 5.41) is -0.647. The van der Waals surface area contributed by atoms with Crippen molar-refractivity contribution in [3.63, 3.8) is 0 Å². The summed E-state index contributed by atoms with van der Waals surface area (Å²) >= 11 is 0. The van der Waals surface area contributed by atoms with Crippen LogP contribution in [0.3, 0.4) is 0 Å². The molecule has 0 spiro atoms. The van der Waals surface area contributed by atoms with Crippen molar-refractivity contribution in [1.29, 1.82) is 0 Å². The molecule has 5 atom stereocenters.